The van der Waals surface area contributed by atoms with Crippen molar-refractivity contribution in [3.05, 3.63) is 54.1 Å². The van der Waals surface area contributed by atoms with E-state index >= 15 is 0 Å². The molecule has 0 amide bonds. The number of fused-ring (bicyclic) bond motifs is 3. The van der Waals surface area contributed by atoms with Gasteiger partial charge in [0.1, 0.15) is 5.75 Å². The van der Waals surface area contributed by atoms with Gasteiger partial charge in [0, 0.05) is 0 Å². The van der Waals surface area contributed by atoms with E-state index in [9.17, 15) is 0 Å². The van der Waals surface area contributed by atoms with E-state index in [1.54, 1.807) is 0 Å². The molecule has 0 aromatic heterocycles. The van der Waals surface area contributed by atoms with Gasteiger partial charge >= 0.3 is 0 Å². The van der Waals surface area contributed by atoms with Crippen LogP contribution in [0.15, 0.2) is 48.5 Å². The summed E-state index contributed by atoms with van der Waals surface area (Å²) < 4.78 is 5.79. The minimum atomic E-state index is 0.802. The zero-order valence-electron chi connectivity index (χ0n) is 12.1. The first-order valence-corrected chi connectivity index (χ1v) is 7.34. The first-order chi connectivity index (χ1) is 9.78. The Bertz CT molecular complexity index is 699. The molecule has 1 heteroatoms. The molecule has 2 aliphatic rings. The number of unbranched alkanes of at least 4 members (excludes halogenated alkanes) is 1. The van der Waals surface area contributed by atoms with E-state index in [0.717, 1.165) is 25.2 Å². The molecular weight excluding hydrogens is 244 g/mol. The second-order valence-electron chi connectivity index (χ2n) is 5.38. The lowest BCUT2D eigenvalue weighted by Crippen LogP contribution is -1.95. The molecule has 0 atom stereocenters. The fourth-order valence-corrected chi connectivity index (χ4v) is 2.63. The Morgan fingerprint density at radius 1 is 1.00 bits per heavy atom. The number of hydrogen-bond acceptors (Lipinski definition) is 1. The Labute approximate surface area is 120 Å². The van der Waals surface area contributed by atoms with Crippen molar-refractivity contribution in [3.63, 3.8) is 0 Å². The van der Waals surface area contributed by atoms with Gasteiger partial charge in [-0.1, -0.05) is 49.2 Å². The zero-order chi connectivity index (χ0) is 13.9. The summed E-state index contributed by atoms with van der Waals surface area (Å²) in [5, 5.41) is 2.57. The maximum Gasteiger partial charge on any atom is 0.119 e. The highest BCUT2D eigenvalue weighted by Crippen LogP contribution is 2.35. The summed E-state index contributed by atoms with van der Waals surface area (Å²) in [6, 6.07) is 17.4. The third-order valence-corrected chi connectivity index (χ3v) is 3.71. The van der Waals surface area contributed by atoms with Crippen molar-refractivity contribution >= 4 is 10.8 Å². The predicted octanol–water partition coefficient (Wildman–Crippen LogP) is 5.43. The van der Waals surface area contributed by atoms with Crippen molar-refractivity contribution < 1.29 is 4.74 Å². The lowest BCUT2D eigenvalue weighted by atomic mass is 10.1. The molecule has 0 heterocycles. The lowest BCUT2D eigenvalue weighted by molar-refractivity contribution is 0.310. The zero-order valence-corrected chi connectivity index (χ0v) is 12.1. The molecule has 0 saturated heterocycles. The summed E-state index contributed by atoms with van der Waals surface area (Å²) in [4.78, 5) is 0. The number of ether oxygens (including phenoxy) is 1. The molecule has 2 aliphatic carbocycles. The lowest BCUT2D eigenvalue weighted by Gasteiger charge is -2.05. The number of benzene rings is 1. The third-order valence-electron chi connectivity index (χ3n) is 3.71. The van der Waals surface area contributed by atoms with Crippen LogP contribution in [0.25, 0.3) is 21.9 Å². The fraction of sp³-hybridized carbons (Fsp3) is 0.263. The van der Waals surface area contributed by atoms with Gasteiger partial charge < -0.3 is 4.74 Å². The van der Waals surface area contributed by atoms with E-state index in [1.807, 2.05) is 0 Å². The first-order valence-electron chi connectivity index (χ1n) is 7.34. The Hall–Kier alpha value is -2.02. The summed E-state index contributed by atoms with van der Waals surface area (Å²) in [6.07, 6.45) is 2.27. The third kappa shape index (κ3) is 2.49. The molecule has 0 N–H and O–H groups in total. The van der Waals surface area contributed by atoms with Crippen LogP contribution in [0.5, 0.6) is 5.75 Å². The van der Waals surface area contributed by atoms with Crippen molar-refractivity contribution in [2.45, 2.75) is 26.7 Å². The largest absolute Gasteiger partial charge is 0.494 e. The molecule has 0 fully saturated rings. The van der Waals surface area contributed by atoms with Crippen molar-refractivity contribution in [1.82, 2.24) is 0 Å². The molecule has 0 unspecified atom stereocenters. The van der Waals surface area contributed by atoms with Crippen LogP contribution in [-0.4, -0.2) is 6.61 Å². The van der Waals surface area contributed by atoms with E-state index < -0.39 is 0 Å². The van der Waals surface area contributed by atoms with Gasteiger partial charge in [-0.2, -0.15) is 0 Å². The van der Waals surface area contributed by atoms with Crippen molar-refractivity contribution in [2.75, 3.05) is 6.61 Å². The van der Waals surface area contributed by atoms with Crippen LogP contribution in [0.3, 0.4) is 0 Å². The van der Waals surface area contributed by atoms with Gasteiger partial charge in [-0.05, 0) is 53.4 Å². The van der Waals surface area contributed by atoms with Crippen LogP contribution >= 0.6 is 0 Å². The Morgan fingerprint density at radius 3 is 2.75 bits per heavy atom. The Balaban J connectivity index is 2.02. The van der Waals surface area contributed by atoms with Crippen molar-refractivity contribution in [2.24, 2.45) is 0 Å². The molecule has 20 heavy (non-hydrogen) atoms. The van der Waals surface area contributed by atoms with E-state index in [0.29, 0.717) is 0 Å². The van der Waals surface area contributed by atoms with Crippen LogP contribution < -0.4 is 4.74 Å². The molecule has 0 bridgehead atoms. The van der Waals surface area contributed by atoms with E-state index in [4.69, 9.17) is 4.74 Å². The van der Waals surface area contributed by atoms with Gasteiger partial charge in [0.15, 0.2) is 0 Å². The van der Waals surface area contributed by atoms with Crippen molar-refractivity contribution in [1.29, 1.82) is 0 Å². The van der Waals surface area contributed by atoms with Gasteiger partial charge in [0.05, 0.1) is 6.61 Å². The van der Waals surface area contributed by atoms with Gasteiger partial charge in [-0.3, -0.25) is 0 Å². The fourth-order valence-electron chi connectivity index (χ4n) is 2.63. The van der Waals surface area contributed by atoms with E-state index in [-0.39, 0.29) is 0 Å². The van der Waals surface area contributed by atoms with Gasteiger partial charge in [-0.25, -0.2) is 0 Å². The Kier molecular flexibility index (Phi) is 3.60. The van der Waals surface area contributed by atoms with E-state index in [1.165, 1.54) is 27.5 Å². The van der Waals surface area contributed by atoms with E-state index in [2.05, 4.69) is 62.4 Å². The Morgan fingerprint density at radius 2 is 1.90 bits per heavy atom. The molecule has 1 aromatic rings. The highest BCUT2D eigenvalue weighted by atomic mass is 16.5. The van der Waals surface area contributed by atoms with Gasteiger partial charge in [0.25, 0.3) is 0 Å². The SMILES string of the molecule is CCCCOc1ccc2c3cccc(C)cc-3cc2c1. The standard InChI is InChI=1S/C19H20O/c1-3-4-10-20-17-8-9-19-16(13-17)12-15-11-14(2)6-5-7-18(15)19/h5-9,11-13H,3-4,10H2,1-2H3. The maximum atomic E-state index is 5.79. The molecule has 0 aliphatic heterocycles. The van der Waals surface area contributed by atoms with Crippen LogP contribution in [0.4, 0.5) is 0 Å². The summed E-state index contributed by atoms with van der Waals surface area (Å²) in [5.74, 6) is 0.974. The number of rotatable bonds is 4. The van der Waals surface area contributed by atoms with Crippen LogP contribution in [0.1, 0.15) is 25.3 Å². The average molecular weight is 264 g/mol. The van der Waals surface area contributed by atoms with Gasteiger partial charge in [0.2, 0.25) is 0 Å². The summed E-state index contributed by atoms with van der Waals surface area (Å²) in [7, 11) is 0. The minimum absolute atomic E-state index is 0.802. The molecule has 1 aromatic carbocycles. The molecular formula is C19H20O. The second kappa shape index (κ2) is 5.54. The maximum absolute atomic E-state index is 5.79. The second-order valence-corrected chi connectivity index (χ2v) is 5.38. The normalized spacial score (nSPS) is 11.1. The predicted molar refractivity (Wildman–Crippen MR) is 85.7 cm³/mol. The summed E-state index contributed by atoms with van der Waals surface area (Å²) in [5.41, 5.74) is 3.90. The summed E-state index contributed by atoms with van der Waals surface area (Å²) >= 11 is 0. The smallest absolute Gasteiger partial charge is 0.119 e. The highest BCUT2D eigenvalue weighted by molar-refractivity contribution is 6.02. The van der Waals surface area contributed by atoms with Crippen molar-refractivity contribution in [3.8, 4) is 16.9 Å². The van der Waals surface area contributed by atoms with Crippen LogP contribution in [0.2, 0.25) is 0 Å². The molecule has 1 nitrogen and oxygen atoms in total. The van der Waals surface area contributed by atoms with Crippen LogP contribution in [-0.2, 0) is 0 Å². The quantitative estimate of drug-likeness (QED) is 0.571. The average Bonchev–Trinajstić information content (AvgIpc) is 2.65. The minimum Gasteiger partial charge on any atom is -0.494 e. The van der Waals surface area contributed by atoms with Crippen LogP contribution in [0, 0.1) is 6.92 Å². The van der Waals surface area contributed by atoms with Gasteiger partial charge in [-0.15, -0.1) is 0 Å². The number of hydrogen-bond donors (Lipinski definition) is 0. The molecule has 3 rings (SSSR count). The topological polar surface area (TPSA) is 9.23 Å². The highest BCUT2D eigenvalue weighted by Gasteiger charge is 2.09. The summed E-state index contributed by atoms with van der Waals surface area (Å²) in [6.45, 7) is 5.12. The molecule has 0 spiro atoms. The monoisotopic (exact) mass is 264 g/mol. The number of aryl methyl sites for hydroxylation is 1. The molecule has 102 valence electrons. The first kappa shape index (κ1) is 13.0. The molecule has 0 saturated carbocycles. The molecule has 0 radical (unpaired) electrons.